The Kier molecular flexibility index (Phi) is 3.64. The fourth-order valence-electron chi connectivity index (χ4n) is 3.73. The van der Waals surface area contributed by atoms with Gasteiger partial charge >= 0.3 is 0 Å². The summed E-state index contributed by atoms with van der Waals surface area (Å²) in [5.41, 5.74) is 2.67. The fraction of sp³-hybridized carbons (Fsp3) is 0.600. The molecule has 0 radical (unpaired) electrons. The number of hydrogen-bond acceptors (Lipinski definition) is 3. The quantitative estimate of drug-likeness (QED) is 0.599. The van der Waals surface area contributed by atoms with Crippen molar-refractivity contribution < 1.29 is 14.2 Å². The van der Waals surface area contributed by atoms with Crippen LogP contribution in [0.1, 0.15) is 35.8 Å². The van der Waals surface area contributed by atoms with E-state index >= 15 is 0 Å². The number of halogens is 1. The van der Waals surface area contributed by atoms with Gasteiger partial charge in [0.2, 0.25) is 0 Å². The van der Waals surface area contributed by atoms with Crippen molar-refractivity contribution in [2.45, 2.75) is 34.7 Å². The van der Waals surface area contributed by atoms with Crippen LogP contribution in [0.4, 0.5) is 0 Å². The molecule has 3 nitrogen and oxygen atoms in total. The van der Waals surface area contributed by atoms with Crippen LogP contribution in [0.25, 0.3) is 0 Å². The van der Waals surface area contributed by atoms with Crippen LogP contribution in [0.3, 0.4) is 0 Å². The Morgan fingerprint density at radius 2 is 1.63 bits per heavy atom. The van der Waals surface area contributed by atoms with Crippen LogP contribution in [0, 0.1) is 0 Å². The zero-order valence-corrected chi connectivity index (χ0v) is 13.6. The molecule has 2 bridgehead atoms. The van der Waals surface area contributed by atoms with Crippen molar-refractivity contribution in [3.8, 4) is 11.5 Å². The normalized spacial score (nSPS) is 32.0. The third-order valence-corrected chi connectivity index (χ3v) is 6.19. The average molecular weight is 374 g/mol. The predicted octanol–water partition coefficient (Wildman–Crippen LogP) is 3.50. The number of methoxy groups -OCH3 is 3. The highest BCUT2D eigenvalue weighted by molar-refractivity contribution is 14.1. The van der Waals surface area contributed by atoms with E-state index in [0.29, 0.717) is 21.9 Å². The maximum absolute atomic E-state index is 5.72. The molecule has 19 heavy (non-hydrogen) atoms. The van der Waals surface area contributed by atoms with Gasteiger partial charge in [-0.3, -0.25) is 0 Å². The predicted molar refractivity (Wildman–Crippen MR) is 82.9 cm³/mol. The summed E-state index contributed by atoms with van der Waals surface area (Å²) in [6, 6.07) is 4.05. The maximum Gasteiger partial charge on any atom is 0.123 e. The van der Waals surface area contributed by atoms with Gasteiger partial charge in [-0.25, -0.2) is 0 Å². The molecule has 0 saturated heterocycles. The molecule has 1 fully saturated rings. The van der Waals surface area contributed by atoms with Crippen LogP contribution in [-0.4, -0.2) is 31.4 Å². The van der Waals surface area contributed by atoms with Crippen molar-refractivity contribution >= 4 is 22.6 Å². The second kappa shape index (κ2) is 5.13. The molecule has 0 amide bonds. The van der Waals surface area contributed by atoms with Crippen LogP contribution in [0.5, 0.6) is 11.5 Å². The Morgan fingerprint density at radius 1 is 1.00 bits per heavy atom. The number of fused-ring (bicyclic) bond motifs is 5. The molecule has 0 N–H and O–H groups in total. The van der Waals surface area contributed by atoms with Crippen molar-refractivity contribution in [1.29, 1.82) is 0 Å². The van der Waals surface area contributed by atoms with E-state index in [2.05, 4.69) is 22.6 Å². The molecule has 0 heterocycles. The van der Waals surface area contributed by atoms with E-state index in [1.165, 1.54) is 17.5 Å². The van der Waals surface area contributed by atoms with E-state index in [4.69, 9.17) is 14.2 Å². The number of hydrogen-bond donors (Lipinski definition) is 0. The lowest BCUT2D eigenvalue weighted by atomic mass is 9.84. The summed E-state index contributed by atoms with van der Waals surface area (Å²) < 4.78 is 17.5. The minimum atomic E-state index is 0.292. The van der Waals surface area contributed by atoms with Gasteiger partial charge < -0.3 is 14.2 Å². The SMILES string of the molecule is COc1ccc(OC)c2c1[C@@H]1C(I)[C@H]2CC[C@H]1OC. The third-order valence-electron chi connectivity index (χ3n) is 4.54. The van der Waals surface area contributed by atoms with E-state index in [1.54, 1.807) is 14.2 Å². The van der Waals surface area contributed by atoms with Gasteiger partial charge in [0.05, 0.1) is 20.3 Å². The van der Waals surface area contributed by atoms with E-state index in [9.17, 15) is 0 Å². The molecule has 2 aliphatic rings. The second-order valence-corrected chi connectivity index (χ2v) is 6.66. The zero-order valence-electron chi connectivity index (χ0n) is 11.5. The Bertz CT molecular complexity index is 489. The molecule has 1 aromatic rings. The van der Waals surface area contributed by atoms with E-state index in [1.807, 2.05) is 19.2 Å². The highest BCUT2D eigenvalue weighted by Gasteiger charge is 2.49. The minimum Gasteiger partial charge on any atom is -0.496 e. The maximum atomic E-state index is 5.72. The standard InChI is InChI=1S/C15H19IO3/c1-17-9-6-7-10(18-2)13-12(9)8-4-5-11(19-3)14(13)15(8)16/h6-8,11,14-15H,4-5H2,1-3H3/t8-,11+,14+,15?/m0/s1. The lowest BCUT2D eigenvalue weighted by Crippen LogP contribution is -2.31. The van der Waals surface area contributed by atoms with Gasteiger partial charge in [0.15, 0.2) is 0 Å². The molecule has 1 unspecified atom stereocenters. The molecule has 4 heteroatoms. The largest absolute Gasteiger partial charge is 0.496 e. The summed E-state index contributed by atoms with van der Waals surface area (Å²) >= 11 is 2.58. The Hall–Kier alpha value is -0.490. The number of rotatable bonds is 3. The first-order valence-corrected chi connectivity index (χ1v) is 7.89. The van der Waals surface area contributed by atoms with Gasteiger partial charge in [-0.1, -0.05) is 22.6 Å². The van der Waals surface area contributed by atoms with Crippen molar-refractivity contribution in [2.24, 2.45) is 0 Å². The van der Waals surface area contributed by atoms with Gasteiger partial charge in [0.25, 0.3) is 0 Å². The molecule has 0 aromatic heterocycles. The van der Waals surface area contributed by atoms with Crippen molar-refractivity contribution in [3.63, 3.8) is 0 Å². The molecule has 2 aliphatic carbocycles. The number of alkyl halides is 1. The molecule has 104 valence electrons. The monoisotopic (exact) mass is 374 g/mol. The molecular weight excluding hydrogens is 355 g/mol. The van der Waals surface area contributed by atoms with Gasteiger partial charge in [0.1, 0.15) is 11.5 Å². The van der Waals surface area contributed by atoms with E-state index in [-0.39, 0.29) is 0 Å². The Balaban J connectivity index is 2.20. The van der Waals surface area contributed by atoms with Crippen LogP contribution in [0.15, 0.2) is 12.1 Å². The zero-order chi connectivity index (χ0) is 13.6. The summed E-state index contributed by atoms with van der Waals surface area (Å²) in [5.74, 6) is 2.97. The first-order valence-electron chi connectivity index (χ1n) is 6.64. The van der Waals surface area contributed by atoms with Crippen LogP contribution in [-0.2, 0) is 4.74 Å². The first kappa shape index (κ1) is 13.5. The van der Waals surface area contributed by atoms with Crippen LogP contribution < -0.4 is 9.47 Å². The minimum absolute atomic E-state index is 0.292. The van der Waals surface area contributed by atoms with Crippen molar-refractivity contribution in [1.82, 2.24) is 0 Å². The molecule has 0 spiro atoms. The molecule has 4 atom stereocenters. The fourth-order valence-corrected chi connectivity index (χ4v) is 5.27. The molecule has 1 aromatic carbocycles. The first-order chi connectivity index (χ1) is 9.22. The van der Waals surface area contributed by atoms with Gasteiger partial charge in [-0.2, -0.15) is 0 Å². The highest BCUT2D eigenvalue weighted by Crippen LogP contribution is 2.59. The van der Waals surface area contributed by atoms with Crippen LogP contribution >= 0.6 is 22.6 Å². The van der Waals surface area contributed by atoms with Crippen molar-refractivity contribution in [3.05, 3.63) is 23.3 Å². The van der Waals surface area contributed by atoms with Gasteiger partial charge in [0, 0.05) is 34.0 Å². The van der Waals surface area contributed by atoms with E-state index in [0.717, 1.165) is 17.9 Å². The number of benzene rings is 1. The van der Waals surface area contributed by atoms with Crippen LogP contribution in [0.2, 0.25) is 0 Å². The summed E-state index contributed by atoms with van der Waals surface area (Å²) in [5, 5.41) is 0. The van der Waals surface area contributed by atoms with Crippen molar-refractivity contribution in [2.75, 3.05) is 21.3 Å². The Morgan fingerprint density at radius 3 is 2.21 bits per heavy atom. The second-order valence-electron chi connectivity index (χ2n) is 5.23. The highest BCUT2D eigenvalue weighted by atomic mass is 127. The summed E-state index contributed by atoms with van der Waals surface area (Å²) in [4.78, 5) is 0. The smallest absolute Gasteiger partial charge is 0.123 e. The number of ether oxygens (including phenoxy) is 3. The lowest BCUT2D eigenvalue weighted by Gasteiger charge is -2.32. The summed E-state index contributed by atoms with van der Waals surface area (Å²) in [7, 11) is 5.31. The average Bonchev–Trinajstić information content (AvgIpc) is 2.63. The molecular formula is C15H19IO3. The van der Waals surface area contributed by atoms with Gasteiger partial charge in [-0.05, 0) is 25.0 Å². The molecule has 0 aliphatic heterocycles. The Labute approximate surface area is 127 Å². The molecule has 3 rings (SSSR count). The van der Waals surface area contributed by atoms with E-state index < -0.39 is 0 Å². The summed E-state index contributed by atoms with van der Waals surface area (Å²) in [6.45, 7) is 0. The lowest BCUT2D eigenvalue weighted by molar-refractivity contribution is 0.0580. The van der Waals surface area contributed by atoms with Gasteiger partial charge in [-0.15, -0.1) is 0 Å². The topological polar surface area (TPSA) is 27.7 Å². The molecule has 1 saturated carbocycles. The summed E-state index contributed by atoms with van der Waals surface area (Å²) in [6.07, 6.45) is 2.58. The third kappa shape index (κ3) is 1.87.